The van der Waals surface area contributed by atoms with E-state index >= 15 is 0 Å². The van der Waals surface area contributed by atoms with Gasteiger partial charge in [0.25, 0.3) is 0 Å². The fourth-order valence-corrected chi connectivity index (χ4v) is 2.60. The van der Waals surface area contributed by atoms with Crippen LogP contribution >= 0.6 is 0 Å². The van der Waals surface area contributed by atoms with Crippen LogP contribution in [0.3, 0.4) is 0 Å². The molecule has 1 aliphatic rings. The van der Waals surface area contributed by atoms with Gasteiger partial charge in [0.05, 0.1) is 18.8 Å². The van der Waals surface area contributed by atoms with Crippen molar-refractivity contribution in [3.63, 3.8) is 0 Å². The highest BCUT2D eigenvalue weighted by atomic mass is 16.5. The van der Waals surface area contributed by atoms with E-state index in [4.69, 9.17) is 4.74 Å². The lowest BCUT2D eigenvalue weighted by Crippen LogP contribution is -2.28. The molecule has 0 bridgehead atoms. The van der Waals surface area contributed by atoms with E-state index in [0.29, 0.717) is 6.61 Å². The SMILES string of the molecule is CC(C)OCC(O)C1CCCc2ccccc21. The summed E-state index contributed by atoms with van der Waals surface area (Å²) in [5.41, 5.74) is 2.71. The molecular formula is C15H22O2. The molecule has 0 fully saturated rings. The van der Waals surface area contributed by atoms with Crippen molar-refractivity contribution >= 4 is 0 Å². The van der Waals surface area contributed by atoms with Gasteiger partial charge in [-0.15, -0.1) is 0 Å². The first kappa shape index (κ1) is 12.6. The fraction of sp³-hybridized carbons (Fsp3) is 0.600. The van der Waals surface area contributed by atoms with Gasteiger partial charge < -0.3 is 9.84 Å². The number of hydrogen-bond acceptors (Lipinski definition) is 2. The first-order valence-corrected chi connectivity index (χ1v) is 6.56. The Kier molecular flexibility index (Phi) is 4.19. The summed E-state index contributed by atoms with van der Waals surface area (Å²) in [5.74, 6) is 0.249. The lowest BCUT2D eigenvalue weighted by molar-refractivity contribution is -0.00769. The second-order valence-electron chi connectivity index (χ2n) is 5.15. The zero-order valence-corrected chi connectivity index (χ0v) is 10.7. The summed E-state index contributed by atoms with van der Waals surface area (Å²) >= 11 is 0. The van der Waals surface area contributed by atoms with Crippen LogP contribution in [0.25, 0.3) is 0 Å². The van der Waals surface area contributed by atoms with E-state index in [1.54, 1.807) is 0 Å². The molecule has 0 spiro atoms. The first-order chi connectivity index (χ1) is 8.18. The van der Waals surface area contributed by atoms with Crippen molar-refractivity contribution in [1.82, 2.24) is 0 Å². The molecule has 2 rings (SSSR count). The number of aryl methyl sites for hydroxylation is 1. The van der Waals surface area contributed by atoms with Crippen LogP contribution in [-0.4, -0.2) is 23.9 Å². The quantitative estimate of drug-likeness (QED) is 0.868. The molecule has 0 amide bonds. The number of aliphatic hydroxyl groups excluding tert-OH is 1. The lowest BCUT2D eigenvalue weighted by atomic mass is 9.80. The van der Waals surface area contributed by atoms with Gasteiger partial charge in [-0.3, -0.25) is 0 Å². The molecule has 2 nitrogen and oxygen atoms in total. The number of rotatable bonds is 4. The van der Waals surface area contributed by atoms with E-state index in [9.17, 15) is 5.11 Å². The van der Waals surface area contributed by atoms with E-state index in [0.717, 1.165) is 12.8 Å². The van der Waals surface area contributed by atoms with Gasteiger partial charge in [-0.05, 0) is 44.2 Å². The predicted molar refractivity (Wildman–Crippen MR) is 69.2 cm³/mol. The van der Waals surface area contributed by atoms with Crippen LogP contribution in [0, 0.1) is 0 Å². The van der Waals surface area contributed by atoms with E-state index in [1.165, 1.54) is 17.5 Å². The molecule has 0 aromatic heterocycles. The third-order valence-corrected chi connectivity index (χ3v) is 3.48. The first-order valence-electron chi connectivity index (χ1n) is 6.56. The van der Waals surface area contributed by atoms with E-state index in [2.05, 4.69) is 24.3 Å². The molecule has 1 aliphatic carbocycles. The molecule has 1 aromatic carbocycles. The van der Waals surface area contributed by atoms with Crippen LogP contribution in [0.1, 0.15) is 43.7 Å². The van der Waals surface area contributed by atoms with Gasteiger partial charge >= 0.3 is 0 Å². The third-order valence-electron chi connectivity index (χ3n) is 3.48. The monoisotopic (exact) mass is 234 g/mol. The summed E-state index contributed by atoms with van der Waals surface area (Å²) in [7, 11) is 0. The molecule has 0 saturated carbocycles. The predicted octanol–water partition coefficient (Wildman–Crippen LogP) is 2.89. The summed E-state index contributed by atoms with van der Waals surface area (Å²) in [4.78, 5) is 0. The van der Waals surface area contributed by atoms with E-state index < -0.39 is 0 Å². The molecule has 17 heavy (non-hydrogen) atoms. The molecular weight excluding hydrogens is 212 g/mol. The average Bonchev–Trinajstić information content (AvgIpc) is 2.35. The molecule has 2 atom stereocenters. The van der Waals surface area contributed by atoms with Gasteiger partial charge in [0, 0.05) is 5.92 Å². The molecule has 1 N–H and O–H groups in total. The molecule has 1 aromatic rings. The summed E-state index contributed by atoms with van der Waals surface area (Å²) in [6.07, 6.45) is 3.19. The Morgan fingerprint density at radius 1 is 1.35 bits per heavy atom. The van der Waals surface area contributed by atoms with Gasteiger partial charge in [0.1, 0.15) is 0 Å². The highest BCUT2D eigenvalue weighted by Gasteiger charge is 2.26. The van der Waals surface area contributed by atoms with Crippen molar-refractivity contribution in [1.29, 1.82) is 0 Å². The number of benzene rings is 1. The lowest BCUT2D eigenvalue weighted by Gasteiger charge is -2.29. The maximum Gasteiger partial charge on any atom is 0.0842 e. The zero-order chi connectivity index (χ0) is 12.3. The normalized spacial score (nSPS) is 21.3. The van der Waals surface area contributed by atoms with Crippen LogP contribution in [0.5, 0.6) is 0 Å². The Hall–Kier alpha value is -0.860. The van der Waals surface area contributed by atoms with Gasteiger partial charge in [0.15, 0.2) is 0 Å². The second kappa shape index (κ2) is 5.65. The smallest absolute Gasteiger partial charge is 0.0842 e. The molecule has 94 valence electrons. The highest BCUT2D eigenvalue weighted by molar-refractivity contribution is 5.33. The average molecular weight is 234 g/mol. The molecule has 0 saturated heterocycles. The fourth-order valence-electron chi connectivity index (χ4n) is 2.60. The van der Waals surface area contributed by atoms with Gasteiger partial charge in [0.2, 0.25) is 0 Å². The summed E-state index contributed by atoms with van der Waals surface area (Å²) < 4.78 is 5.52. The van der Waals surface area contributed by atoms with Crippen molar-refractivity contribution in [3.8, 4) is 0 Å². The Morgan fingerprint density at radius 3 is 2.88 bits per heavy atom. The largest absolute Gasteiger partial charge is 0.390 e. The molecule has 2 heteroatoms. The molecule has 0 radical (unpaired) electrons. The van der Waals surface area contributed by atoms with Crippen molar-refractivity contribution < 1.29 is 9.84 Å². The molecule has 0 aliphatic heterocycles. The topological polar surface area (TPSA) is 29.5 Å². The minimum Gasteiger partial charge on any atom is -0.390 e. The van der Waals surface area contributed by atoms with Gasteiger partial charge in [-0.25, -0.2) is 0 Å². The van der Waals surface area contributed by atoms with Gasteiger partial charge in [-0.1, -0.05) is 24.3 Å². The molecule has 0 heterocycles. The summed E-state index contributed by atoms with van der Waals surface area (Å²) in [6.45, 7) is 4.44. The minimum absolute atomic E-state index is 0.184. The van der Waals surface area contributed by atoms with E-state index in [-0.39, 0.29) is 18.1 Å². The van der Waals surface area contributed by atoms with Crippen LogP contribution in [0.4, 0.5) is 0 Å². The zero-order valence-electron chi connectivity index (χ0n) is 10.7. The highest BCUT2D eigenvalue weighted by Crippen LogP contribution is 2.33. The summed E-state index contributed by atoms with van der Waals surface area (Å²) in [5, 5.41) is 10.2. The van der Waals surface area contributed by atoms with Gasteiger partial charge in [-0.2, -0.15) is 0 Å². The molecule has 2 unspecified atom stereocenters. The number of ether oxygens (including phenoxy) is 1. The van der Waals surface area contributed by atoms with Crippen molar-refractivity contribution in [3.05, 3.63) is 35.4 Å². The van der Waals surface area contributed by atoms with Crippen molar-refractivity contribution in [2.24, 2.45) is 0 Å². The number of hydrogen-bond donors (Lipinski definition) is 1. The Morgan fingerprint density at radius 2 is 2.12 bits per heavy atom. The third kappa shape index (κ3) is 3.08. The van der Waals surface area contributed by atoms with Crippen molar-refractivity contribution in [2.45, 2.75) is 51.2 Å². The Balaban J connectivity index is 2.07. The number of aliphatic hydroxyl groups is 1. The standard InChI is InChI=1S/C15H22O2/c1-11(2)17-10-15(16)14-9-5-7-12-6-3-4-8-13(12)14/h3-4,6,8,11,14-16H,5,7,9-10H2,1-2H3. The maximum absolute atomic E-state index is 10.2. The Labute approximate surface area is 104 Å². The Bertz CT molecular complexity index is 360. The maximum atomic E-state index is 10.2. The van der Waals surface area contributed by atoms with Crippen LogP contribution in [-0.2, 0) is 11.2 Å². The summed E-state index contributed by atoms with van der Waals surface area (Å²) in [6, 6.07) is 8.47. The second-order valence-corrected chi connectivity index (χ2v) is 5.15. The van der Waals surface area contributed by atoms with Crippen LogP contribution in [0.2, 0.25) is 0 Å². The van der Waals surface area contributed by atoms with Crippen LogP contribution in [0.15, 0.2) is 24.3 Å². The number of fused-ring (bicyclic) bond motifs is 1. The van der Waals surface area contributed by atoms with Crippen molar-refractivity contribution in [2.75, 3.05) is 6.61 Å². The van der Waals surface area contributed by atoms with E-state index in [1.807, 2.05) is 13.8 Å². The minimum atomic E-state index is -0.376. The van der Waals surface area contributed by atoms with Crippen LogP contribution < -0.4 is 0 Å².